The highest BCUT2D eigenvalue weighted by Gasteiger charge is 2.10. The molecular formula is C7H12N2O2S2. The van der Waals surface area contributed by atoms with Crippen LogP contribution >= 0.6 is 11.3 Å². The molecule has 0 aromatic carbocycles. The monoisotopic (exact) mass is 220 g/mol. The molecule has 0 saturated carbocycles. The Morgan fingerprint density at radius 2 is 2.08 bits per heavy atom. The van der Waals surface area contributed by atoms with Gasteiger partial charge in [-0.3, -0.25) is 4.72 Å². The summed E-state index contributed by atoms with van der Waals surface area (Å²) in [6, 6.07) is 0. The van der Waals surface area contributed by atoms with Crippen molar-refractivity contribution in [2.45, 2.75) is 20.8 Å². The van der Waals surface area contributed by atoms with E-state index in [4.69, 9.17) is 0 Å². The third-order valence-electron chi connectivity index (χ3n) is 1.65. The van der Waals surface area contributed by atoms with Crippen LogP contribution in [-0.2, 0) is 10.0 Å². The van der Waals surface area contributed by atoms with E-state index in [2.05, 4.69) is 9.71 Å². The number of nitrogens with zero attached hydrogens (tertiary/aromatic N) is 1. The highest BCUT2D eigenvalue weighted by Crippen LogP contribution is 2.21. The van der Waals surface area contributed by atoms with Gasteiger partial charge in [-0.2, -0.15) is 0 Å². The minimum Gasteiger partial charge on any atom is -0.259 e. The summed E-state index contributed by atoms with van der Waals surface area (Å²) in [4.78, 5) is 5.11. The number of rotatable bonds is 3. The zero-order valence-corrected chi connectivity index (χ0v) is 9.42. The number of aromatic nitrogens is 1. The van der Waals surface area contributed by atoms with Crippen molar-refractivity contribution in [1.29, 1.82) is 0 Å². The van der Waals surface area contributed by atoms with E-state index in [9.17, 15) is 8.42 Å². The van der Waals surface area contributed by atoms with Gasteiger partial charge in [-0.25, -0.2) is 13.4 Å². The van der Waals surface area contributed by atoms with Gasteiger partial charge >= 0.3 is 0 Å². The largest absolute Gasteiger partial charge is 0.259 e. The fourth-order valence-corrected chi connectivity index (χ4v) is 2.39. The summed E-state index contributed by atoms with van der Waals surface area (Å²) in [5.41, 5.74) is 0.874. The summed E-state index contributed by atoms with van der Waals surface area (Å²) < 4.78 is 24.7. The van der Waals surface area contributed by atoms with E-state index >= 15 is 0 Å². The number of hydrogen-bond acceptors (Lipinski definition) is 4. The number of sulfonamides is 1. The normalized spacial score (nSPS) is 11.6. The third-order valence-corrected chi connectivity index (χ3v) is 4.03. The number of anilines is 1. The van der Waals surface area contributed by atoms with Crippen molar-refractivity contribution in [3.8, 4) is 0 Å². The maximum atomic E-state index is 11.1. The zero-order valence-electron chi connectivity index (χ0n) is 7.79. The molecule has 1 aromatic rings. The van der Waals surface area contributed by atoms with Crippen LogP contribution in [0.4, 0.5) is 5.13 Å². The first-order chi connectivity index (χ1) is 5.94. The highest BCUT2D eigenvalue weighted by atomic mass is 32.2. The topological polar surface area (TPSA) is 59.1 Å². The lowest BCUT2D eigenvalue weighted by molar-refractivity contribution is 0.602. The number of aryl methyl sites for hydroxylation is 2. The Balaban J connectivity index is 2.87. The Hall–Kier alpha value is -0.620. The first-order valence-electron chi connectivity index (χ1n) is 3.89. The fourth-order valence-electron chi connectivity index (χ4n) is 0.722. The molecule has 0 unspecified atom stereocenters. The SMILES string of the molecule is CCS(=O)(=O)Nc1nc(C)c(C)s1. The zero-order chi connectivity index (χ0) is 10.1. The van der Waals surface area contributed by atoms with Crippen molar-refractivity contribution < 1.29 is 8.42 Å². The van der Waals surface area contributed by atoms with E-state index in [1.807, 2.05) is 13.8 Å². The molecule has 13 heavy (non-hydrogen) atoms. The van der Waals surface area contributed by atoms with Gasteiger partial charge in [0.25, 0.3) is 0 Å². The van der Waals surface area contributed by atoms with Gasteiger partial charge < -0.3 is 0 Å². The molecule has 4 nitrogen and oxygen atoms in total. The lowest BCUT2D eigenvalue weighted by Gasteiger charge is -1.99. The van der Waals surface area contributed by atoms with Crippen LogP contribution in [0.5, 0.6) is 0 Å². The van der Waals surface area contributed by atoms with Crippen LogP contribution in [-0.4, -0.2) is 19.2 Å². The minimum atomic E-state index is -3.18. The molecule has 0 aliphatic heterocycles. The molecule has 1 N–H and O–H groups in total. The summed E-state index contributed by atoms with van der Waals surface area (Å²) >= 11 is 1.36. The van der Waals surface area contributed by atoms with Gasteiger partial charge in [0.05, 0.1) is 11.4 Å². The smallest absolute Gasteiger partial charge is 0.234 e. The van der Waals surface area contributed by atoms with Gasteiger partial charge in [0.2, 0.25) is 10.0 Å². The highest BCUT2D eigenvalue weighted by molar-refractivity contribution is 7.92. The molecule has 0 aliphatic carbocycles. The summed E-state index contributed by atoms with van der Waals surface area (Å²) in [5, 5.41) is 0.455. The Kier molecular flexibility index (Phi) is 2.92. The Morgan fingerprint density at radius 3 is 2.46 bits per heavy atom. The van der Waals surface area contributed by atoms with Crippen LogP contribution < -0.4 is 4.72 Å². The van der Waals surface area contributed by atoms with Crippen LogP contribution in [0.3, 0.4) is 0 Å². The maximum absolute atomic E-state index is 11.1. The van der Waals surface area contributed by atoms with Crippen molar-refractivity contribution in [2.75, 3.05) is 10.5 Å². The average Bonchev–Trinajstić information content (AvgIpc) is 2.30. The molecular weight excluding hydrogens is 208 g/mol. The van der Waals surface area contributed by atoms with Crippen molar-refractivity contribution in [2.24, 2.45) is 0 Å². The van der Waals surface area contributed by atoms with Gasteiger partial charge in [0, 0.05) is 4.88 Å². The van der Waals surface area contributed by atoms with E-state index in [0.29, 0.717) is 5.13 Å². The van der Waals surface area contributed by atoms with Crippen molar-refractivity contribution in [3.63, 3.8) is 0 Å². The first-order valence-corrected chi connectivity index (χ1v) is 6.36. The Labute approximate surface area is 82.1 Å². The summed E-state index contributed by atoms with van der Waals surface area (Å²) in [7, 11) is -3.18. The third kappa shape index (κ3) is 2.67. The molecule has 0 bridgehead atoms. The lowest BCUT2D eigenvalue weighted by Crippen LogP contribution is -2.14. The molecule has 0 saturated heterocycles. The Morgan fingerprint density at radius 1 is 1.46 bits per heavy atom. The summed E-state index contributed by atoms with van der Waals surface area (Å²) in [6.45, 7) is 5.36. The molecule has 1 rings (SSSR count). The van der Waals surface area contributed by atoms with E-state index in [-0.39, 0.29) is 5.75 Å². The Bertz CT molecular complexity index is 375. The van der Waals surface area contributed by atoms with E-state index in [0.717, 1.165) is 10.6 Å². The van der Waals surface area contributed by atoms with Crippen molar-refractivity contribution >= 4 is 26.5 Å². The van der Waals surface area contributed by atoms with Gasteiger partial charge in [-0.05, 0) is 20.8 Å². The van der Waals surface area contributed by atoms with Crippen LogP contribution in [0, 0.1) is 13.8 Å². The second-order valence-corrected chi connectivity index (χ2v) is 5.88. The molecule has 0 spiro atoms. The lowest BCUT2D eigenvalue weighted by atomic mass is 10.4. The fraction of sp³-hybridized carbons (Fsp3) is 0.571. The van der Waals surface area contributed by atoms with Crippen LogP contribution in [0.25, 0.3) is 0 Å². The molecule has 0 radical (unpaired) electrons. The number of hydrogen-bond donors (Lipinski definition) is 1. The van der Waals surface area contributed by atoms with Gasteiger partial charge in [0.1, 0.15) is 0 Å². The maximum Gasteiger partial charge on any atom is 0.234 e. The van der Waals surface area contributed by atoms with Gasteiger partial charge in [0.15, 0.2) is 5.13 Å². The second kappa shape index (κ2) is 3.63. The predicted octanol–water partition coefficient (Wildman–Crippen LogP) is 1.52. The second-order valence-electron chi connectivity index (χ2n) is 2.67. The molecule has 74 valence electrons. The molecule has 0 fully saturated rings. The van der Waals surface area contributed by atoms with E-state index in [1.54, 1.807) is 6.92 Å². The van der Waals surface area contributed by atoms with Crippen molar-refractivity contribution in [3.05, 3.63) is 10.6 Å². The standard InChI is InChI=1S/C7H12N2O2S2/c1-4-13(10,11)9-7-8-5(2)6(3)12-7/h4H2,1-3H3,(H,8,9). The van der Waals surface area contributed by atoms with Gasteiger partial charge in [-0.1, -0.05) is 0 Å². The van der Waals surface area contributed by atoms with Crippen molar-refractivity contribution in [1.82, 2.24) is 4.98 Å². The quantitative estimate of drug-likeness (QED) is 0.840. The van der Waals surface area contributed by atoms with Gasteiger partial charge in [-0.15, -0.1) is 11.3 Å². The number of nitrogens with one attached hydrogen (secondary N) is 1. The molecule has 0 aliphatic rings. The molecule has 1 aromatic heterocycles. The van der Waals surface area contributed by atoms with E-state index < -0.39 is 10.0 Å². The molecule has 0 amide bonds. The molecule has 0 atom stereocenters. The summed E-state index contributed by atoms with van der Waals surface area (Å²) in [5.74, 6) is 0.0741. The predicted molar refractivity (Wildman–Crippen MR) is 54.7 cm³/mol. The molecule has 6 heteroatoms. The number of thiazole rings is 1. The summed E-state index contributed by atoms with van der Waals surface area (Å²) in [6.07, 6.45) is 0. The van der Waals surface area contributed by atoms with Crippen LogP contribution in [0.1, 0.15) is 17.5 Å². The minimum absolute atomic E-state index is 0.0741. The molecule has 1 heterocycles. The van der Waals surface area contributed by atoms with Crippen LogP contribution in [0.15, 0.2) is 0 Å². The first kappa shape index (κ1) is 10.5. The van der Waals surface area contributed by atoms with Crippen LogP contribution in [0.2, 0.25) is 0 Å². The van der Waals surface area contributed by atoms with E-state index in [1.165, 1.54) is 11.3 Å². The average molecular weight is 220 g/mol.